The summed E-state index contributed by atoms with van der Waals surface area (Å²) in [6.45, 7) is 1.67. The molecule has 102 valence electrons. The number of hydrogen-bond donors (Lipinski definition) is 1. The highest BCUT2D eigenvalue weighted by Crippen LogP contribution is 2.28. The average molecular weight is 262 g/mol. The molecule has 1 fully saturated rings. The van der Waals surface area contributed by atoms with Gasteiger partial charge in [-0.05, 0) is 25.2 Å². The summed E-state index contributed by atoms with van der Waals surface area (Å²) in [5, 5.41) is 9.88. The number of aliphatic hydroxyl groups excluding tert-OH is 1. The van der Waals surface area contributed by atoms with Crippen LogP contribution in [-0.2, 0) is 9.84 Å². The van der Waals surface area contributed by atoms with Crippen molar-refractivity contribution in [1.82, 2.24) is 0 Å². The van der Waals surface area contributed by atoms with Crippen molar-refractivity contribution in [1.29, 1.82) is 0 Å². The molecule has 0 radical (unpaired) electrons. The Morgan fingerprint density at radius 1 is 1.24 bits per heavy atom. The minimum atomic E-state index is -2.86. The molecule has 0 aliphatic heterocycles. The molecule has 1 N–H and O–H groups in total. The van der Waals surface area contributed by atoms with Crippen LogP contribution in [0.4, 0.5) is 0 Å². The van der Waals surface area contributed by atoms with Gasteiger partial charge in [0.1, 0.15) is 9.84 Å². The molecular weight excluding hydrogens is 236 g/mol. The van der Waals surface area contributed by atoms with Crippen molar-refractivity contribution in [2.75, 3.05) is 11.5 Å². The van der Waals surface area contributed by atoms with Crippen LogP contribution in [0.2, 0.25) is 0 Å². The molecule has 0 saturated heterocycles. The lowest BCUT2D eigenvalue weighted by molar-refractivity contribution is 0.121. The molecule has 0 aromatic carbocycles. The first-order valence-electron chi connectivity index (χ1n) is 6.92. The van der Waals surface area contributed by atoms with Crippen LogP contribution in [0.3, 0.4) is 0 Å². The fourth-order valence-electron chi connectivity index (χ4n) is 2.61. The van der Waals surface area contributed by atoms with Crippen molar-refractivity contribution in [3.63, 3.8) is 0 Å². The minimum absolute atomic E-state index is 0.214. The first-order chi connectivity index (χ1) is 8.03. The Hall–Kier alpha value is -0.0900. The smallest absolute Gasteiger partial charge is 0.150 e. The molecular formula is C13H26O3S. The summed E-state index contributed by atoms with van der Waals surface area (Å²) in [6, 6.07) is 0. The predicted octanol–water partition coefficient (Wildman–Crippen LogP) is 2.53. The molecule has 17 heavy (non-hydrogen) atoms. The second kappa shape index (κ2) is 7.37. The lowest BCUT2D eigenvalue weighted by Gasteiger charge is -2.23. The zero-order valence-corrected chi connectivity index (χ0v) is 11.7. The number of hydrogen-bond acceptors (Lipinski definition) is 3. The van der Waals surface area contributed by atoms with E-state index in [1.54, 1.807) is 6.92 Å². The van der Waals surface area contributed by atoms with Crippen molar-refractivity contribution in [3.05, 3.63) is 0 Å². The Kier molecular flexibility index (Phi) is 6.49. The summed E-state index contributed by atoms with van der Waals surface area (Å²) < 4.78 is 22.6. The van der Waals surface area contributed by atoms with Gasteiger partial charge in [0.15, 0.2) is 0 Å². The van der Waals surface area contributed by atoms with Crippen LogP contribution >= 0.6 is 0 Å². The predicted molar refractivity (Wildman–Crippen MR) is 70.8 cm³/mol. The summed E-state index contributed by atoms with van der Waals surface area (Å²) in [6.07, 6.45) is 8.20. The van der Waals surface area contributed by atoms with Gasteiger partial charge in [-0.3, -0.25) is 0 Å². The Morgan fingerprint density at radius 3 is 2.47 bits per heavy atom. The largest absolute Gasteiger partial charge is 0.393 e. The zero-order valence-electron chi connectivity index (χ0n) is 10.9. The van der Waals surface area contributed by atoms with Crippen LogP contribution in [0.5, 0.6) is 0 Å². The normalized spacial score (nSPS) is 20.4. The molecule has 1 aliphatic rings. The molecule has 0 aromatic rings. The number of aliphatic hydroxyl groups is 1. The third-order valence-corrected chi connectivity index (χ3v) is 5.55. The summed E-state index contributed by atoms with van der Waals surface area (Å²) >= 11 is 0. The highest BCUT2D eigenvalue weighted by atomic mass is 32.2. The third kappa shape index (κ3) is 6.41. The third-order valence-electron chi connectivity index (χ3n) is 3.76. The van der Waals surface area contributed by atoms with E-state index < -0.39 is 9.84 Å². The molecule has 3 nitrogen and oxygen atoms in total. The molecule has 4 heteroatoms. The van der Waals surface area contributed by atoms with Crippen molar-refractivity contribution in [2.24, 2.45) is 5.92 Å². The molecule has 0 heterocycles. The maximum Gasteiger partial charge on any atom is 0.150 e. The van der Waals surface area contributed by atoms with E-state index in [4.69, 9.17) is 0 Å². The fourth-order valence-corrected chi connectivity index (χ4v) is 3.50. The summed E-state index contributed by atoms with van der Waals surface area (Å²) in [5.41, 5.74) is 0. The SMILES string of the molecule is CCS(=O)(=O)CCCC(O)CC1CCCCC1. The number of rotatable bonds is 7. The molecule has 0 aromatic heterocycles. The van der Waals surface area contributed by atoms with E-state index in [0.29, 0.717) is 18.8 Å². The molecule has 1 aliphatic carbocycles. The van der Waals surface area contributed by atoms with Gasteiger partial charge in [0.2, 0.25) is 0 Å². The van der Waals surface area contributed by atoms with Crippen molar-refractivity contribution in [3.8, 4) is 0 Å². The second-order valence-electron chi connectivity index (χ2n) is 5.27. The zero-order chi connectivity index (χ0) is 12.7. The van der Waals surface area contributed by atoms with E-state index in [9.17, 15) is 13.5 Å². The van der Waals surface area contributed by atoms with E-state index in [1.807, 2.05) is 0 Å². The highest BCUT2D eigenvalue weighted by molar-refractivity contribution is 7.91. The van der Waals surface area contributed by atoms with Gasteiger partial charge < -0.3 is 5.11 Å². The topological polar surface area (TPSA) is 54.4 Å². The molecule has 1 atom stereocenters. The quantitative estimate of drug-likeness (QED) is 0.767. The Balaban J connectivity index is 2.14. The van der Waals surface area contributed by atoms with Crippen LogP contribution in [0.25, 0.3) is 0 Å². The molecule has 1 unspecified atom stereocenters. The first-order valence-corrected chi connectivity index (χ1v) is 8.74. The van der Waals surface area contributed by atoms with E-state index >= 15 is 0 Å². The maximum atomic E-state index is 11.3. The highest BCUT2D eigenvalue weighted by Gasteiger charge is 2.18. The van der Waals surface area contributed by atoms with Crippen LogP contribution in [0.1, 0.15) is 58.3 Å². The minimum Gasteiger partial charge on any atom is -0.393 e. The van der Waals surface area contributed by atoms with Gasteiger partial charge in [0.05, 0.1) is 11.9 Å². The van der Waals surface area contributed by atoms with E-state index in [0.717, 1.165) is 6.42 Å². The molecule has 0 spiro atoms. The van der Waals surface area contributed by atoms with Gasteiger partial charge >= 0.3 is 0 Å². The molecule has 0 bridgehead atoms. The van der Waals surface area contributed by atoms with E-state index in [2.05, 4.69) is 0 Å². The van der Waals surface area contributed by atoms with Gasteiger partial charge in [0.25, 0.3) is 0 Å². The monoisotopic (exact) mass is 262 g/mol. The lowest BCUT2D eigenvalue weighted by atomic mass is 9.85. The van der Waals surface area contributed by atoms with Crippen molar-refractivity contribution < 1.29 is 13.5 Å². The van der Waals surface area contributed by atoms with Crippen LogP contribution < -0.4 is 0 Å². The molecule has 0 amide bonds. The van der Waals surface area contributed by atoms with Gasteiger partial charge in [-0.15, -0.1) is 0 Å². The first kappa shape index (κ1) is 15.0. The Labute approximate surface area is 106 Å². The maximum absolute atomic E-state index is 11.3. The van der Waals surface area contributed by atoms with E-state index in [1.165, 1.54) is 32.1 Å². The van der Waals surface area contributed by atoms with Gasteiger partial charge in [-0.2, -0.15) is 0 Å². The average Bonchev–Trinajstić information content (AvgIpc) is 2.30. The summed E-state index contributed by atoms with van der Waals surface area (Å²) in [4.78, 5) is 0. The van der Waals surface area contributed by atoms with Gasteiger partial charge in [-0.1, -0.05) is 39.0 Å². The summed E-state index contributed by atoms with van der Waals surface area (Å²) in [7, 11) is -2.86. The standard InChI is InChI=1S/C13H26O3S/c1-2-17(15,16)10-6-9-13(14)11-12-7-4-3-5-8-12/h12-14H,2-11H2,1H3. The van der Waals surface area contributed by atoms with Gasteiger partial charge in [-0.25, -0.2) is 8.42 Å². The molecule has 1 rings (SSSR count). The Bertz CT molecular complexity index is 292. The van der Waals surface area contributed by atoms with Crippen LogP contribution in [-0.4, -0.2) is 31.1 Å². The van der Waals surface area contributed by atoms with Crippen LogP contribution in [0, 0.1) is 5.92 Å². The fraction of sp³-hybridized carbons (Fsp3) is 1.00. The summed E-state index contributed by atoms with van der Waals surface area (Å²) in [5.74, 6) is 1.11. The van der Waals surface area contributed by atoms with E-state index in [-0.39, 0.29) is 17.6 Å². The van der Waals surface area contributed by atoms with Crippen molar-refractivity contribution >= 4 is 9.84 Å². The van der Waals surface area contributed by atoms with Crippen molar-refractivity contribution in [2.45, 2.75) is 64.4 Å². The Morgan fingerprint density at radius 2 is 1.88 bits per heavy atom. The molecule has 1 saturated carbocycles. The number of sulfone groups is 1. The van der Waals surface area contributed by atoms with Crippen LogP contribution in [0.15, 0.2) is 0 Å². The second-order valence-corrected chi connectivity index (χ2v) is 7.74. The lowest BCUT2D eigenvalue weighted by Crippen LogP contribution is -2.17. The van der Waals surface area contributed by atoms with Gasteiger partial charge in [0, 0.05) is 5.75 Å².